The van der Waals surface area contributed by atoms with Gasteiger partial charge in [0.2, 0.25) is 11.8 Å². The number of aliphatic hydroxyl groups is 1. The predicted molar refractivity (Wildman–Crippen MR) is 226 cm³/mol. The number of allylic oxidation sites excluding steroid dienone is 2. The number of carbonyl (C=O) groups is 3. The summed E-state index contributed by atoms with van der Waals surface area (Å²) in [6.07, 6.45) is 7.66. The Morgan fingerprint density at radius 3 is 2.42 bits per heavy atom. The molecule has 9 rings (SSSR count). The quantitative estimate of drug-likeness (QED) is 0.103. The first-order valence-electron chi connectivity index (χ1n) is 20.7. The number of esters is 1. The van der Waals surface area contributed by atoms with E-state index in [-0.39, 0.29) is 19.8 Å². The minimum atomic E-state index is -1.70. The van der Waals surface area contributed by atoms with E-state index in [9.17, 15) is 5.11 Å². The number of benzene rings is 4. The van der Waals surface area contributed by atoms with Crippen LogP contribution in [0.25, 0.3) is 0 Å². The summed E-state index contributed by atoms with van der Waals surface area (Å²) in [5.74, 6) is 4.39. The molecule has 0 radical (unpaired) electrons. The molecule has 1 aromatic heterocycles. The van der Waals surface area contributed by atoms with E-state index >= 15 is 14.4 Å². The molecule has 2 amide bonds. The molecular formula is C50H46N4O6. The number of fused-ring (bicyclic) bond motifs is 3. The number of carbonyl (C=O) groups excluding carboxylic acids is 3. The lowest BCUT2D eigenvalue weighted by atomic mass is 9.65. The summed E-state index contributed by atoms with van der Waals surface area (Å²) in [6, 6.07) is 35.2. The van der Waals surface area contributed by atoms with E-state index in [0.29, 0.717) is 34.5 Å². The molecule has 0 bridgehead atoms. The lowest BCUT2D eigenvalue weighted by Gasteiger charge is -2.46. The van der Waals surface area contributed by atoms with E-state index in [1.807, 2.05) is 120 Å². The number of para-hydroxylation sites is 1. The number of nitrogens with one attached hydrogen (secondary N) is 2. The summed E-state index contributed by atoms with van der Waals surface area (Å²) in [5, 5.41) is 16.3. The SMILES string of the molecule is O=C1OC(c2ccccc2)C(c2ccccc2)N2C1C(C(=O)NCCc1ccccn1)C1(C(=O)Nc3ccc(C#CC4=CCCCC4)cc31)C2c1ccccc1OCCO. The Morgan fingerprint density at radius 2 is 1.67 bits per heavy atom. The highest BCUT2D eigenvalue weighted by Crippen LogP contribution is 2.65. The van der Waals surface area contributed by atoms with E-state index in [4.69, 9.17) is 9.47 Å². The average molecular weight is 799 g/mol. The van der Waals surface area contributed by atoms with Crippen LogP contribution in [-0.4, -0.2) is 58.6 Å². The highest BCUT2D eigenvalue weighted by molar-refractivity contribution is 6.12. The zero-order chi connectivity index (χ0) is 41.1. The molecule has 2 fully saturated rings. The molecule has 6 unspecified atom stereocenters. The van der Waals surface area contributed by atoms with Gasteiger partial charge < -0.3 is 25.2 Å². The Balaban J connectivity index is 1.29. The van der Waals surface area contributed by atoms with Crippen molar-refractivity contribution in [2.75, 3.05) is 25.1 Å². The second-order valence-corrected chi connectivity index (χ2v) is 15.7. The van der Waals surface area contributed by atoms with Gasteiger partial charge in [-0.05, 0) is 84.3 Å². The van der Waals surface area contributed by atoms with Gasteiger partial charge in [-0.2, -0.15) is 0 Å². The van der Waals surface area contributed by atoms with Crippen LogP contribution in [-0.2, 0) is 31.0 Å². The minimum absolute atomic E-state index is 0.00718. The number of hydrogen-bond donors (Lipinski definition) is 3. The van der Waals surface area contributed by atoms with Crippen molar-refractivity contribution in [1.29, 1.82) is 0 Å². The first-order valence-corrected chi connectivity index (χ1v) is 20.7. The molecule has 4 aliphatic rings. The molecule has 6 atom stereocenters. The van der Waals surface area contributed by atoms with E-state index in [0.717, 1.165) is 48.1 Å². The Morgan fingerprint density at radius 1 is 0.900 bits per heavy atom. The predicted octanol–water partition coefficient (Wildman–Crippen LogP) is 6.93. The average Bonchev–Trinajstić information content (AvgIpc) is 3.77. The standard InChI is InChI=1S/C50H46N4O6/c55-30-31-59-41-22-11-10-21-38(41)46-50(39-32-34(25-26-40(39)53-49(50)58)24-23-33-14-4-1-5-15-33)42(47(56)52-29-27-37-20-12-13-28-51-37)44-48(57)60-45(36-18-8-3-9-19-36)43(54(44)46)35-16-6-2-7-17-35/h2-3,6-14,16-22,25-26,28,32,42-46,55H,1,4-5,15,27,29-31H2,(H,52,56)(H,53,58). The van der Waals surface area contributed by atoms with Crippen LogP contribution in [0.5, 0.6) is 5.75 Å². The number of aliphatic hydroxyl groups excluding tert-OH is 1. The highest BCUT2D eigenvalue weighted by atomic mass is 16.6. The van der Waals surface area contributed by atoms with Gasteiger partial charge in [0.05, 0.1) is 24.6 Å². The Kier molecular flexibility index (Phi) is 11.0. The van der Waals surface area contributed by atoms with Crippen molar-refractivity contribution >= 4 is 23.5 Å². The third-order valence-corrected chi connectivity index (χ3v) is 12.2. The summed E-state index contributed by atoms with van der Waals surface area (Å²) in [4.78, 5) is 52.5. The van der Waals surface area contributed by atoms with Crippen molar-refractivity contribution in [1.82, 2.24) is 15.2 Å². The summed E-state index contributed by atoms with van der Waals surface area (Å²) in [6.45, 7) is -0.0314. The first-order chi connectivity index (χ1) is 29.5. The number of morpholine rings is 1. The Labute approximate surface area is 349 Å². The van der Waals surface area contributed by atoms with Crippen LogP contribution in [0.2, 0.25) is 0 Å². The van der Waals surface area contributed by atoms with Gasteiger partial charge in [0, 0.05) is 41.7 Å². The smallest absolute Gasteiger partial charge is 0.324 e. The number of ether oxygens (including phenoxy) is 2. The number of amides is 2. The molecule has 4 heterocycles. The molecule has 60 heavy (non-hydrogen) atoms. The van der Waals surface area contributed by atoms with Gasteiger partial charge in [0.1, 0.15) is 29.9 Å². The maximum Gasteiger partial charge on any atom is 0.324 e. The lowest BCUT2D eigenvalue weighted by Crippen LogP contribution is -2.55. The molecule has 10 nitrogen and oxygen atoms in total. The topological polar surface area (TPSA) is 130 Å². The van der Waals surface area contributed by atoms with Crippen LogP contribution in [0.3, 0.4) is 0 Å². The molecule has 302 valence electrons. The molecule has 1 spiro atoms. The highest BCUT2D eigenvalue weighted by Gasteiger charge is 2.74. The maximum atomic E-state index is 15.5. The van der Waals surface area contributed by atoms with Gasteiger partial charge >= 0.3 is 5.97 Å². The van der Waals surface area contributed by atoms with Gasteiger partial charge in [-0.1, -0.05) is 103 Å². The molecule has 2 saturated heterocycles. The number of nitrogens with zero attached hydrogens (tertiary/aromatic N) is 2. The number of hydrogen-bond acceptors (Lipinski definition) is 8. The molecule has 5 aromatic rings. The molecule has 3 aliphatic heterocycles. The third kappa shape index (κ3) is 7.04. The van der Waals surface area contributed by atoms with Crippen molar-refractivity contribution in [3.8, 4) is 17.6 Å². The molecular weight excluding hydrogens is 753 g/mol. The fourth-order valence-electron chi connectivity index (χ4n) is 9.71. The lowest BCUT2D eigenvalue weighted by molar-refractivity contribution is -0.178. The van der Waals surface area contributed by atoms with Crippen molar-refractivity contribution < 1.29 is 29.0 Å². The van der Waals surface area contributed by atoms with Crippen LogP contribution in [0.15, 0.2) is 139 Å². The summed E-state index contributed by atoms with van der Waals surface area (Å²) in [7, 11) is 0. The van der Waals surface area contributed by atoms with Gasteiger partial charge in [-0.15, -0.1) is 0 Å². The van der Waals surface area contributed by atoms with Crippen LogP contribution < -0.4 is 15.4 Å². The van der Waals surface area contributed by atoms with Gasteiger partial charge in [0.15, 0.2) is 0 Å². The Bertz CT molecular complexity index is 2480. The molecule has 4 aromatic carbocycles. The number of aromatic nitrogens is 1. The molecule has 3 N–H and O–H groups in total. The molecule has 10 heteroatoms. The van der Waals surface area contributed by atoms with E-state index < -0.39 is 53.3 Å². The monoisotopic (exact) mass is 798 g/mol. The number of rotatable bonds is 10. The second kappa shape index (κ2) is 17.0. The van der Waals surface area contributed by atoms with Crippen LogP contribution in [0.1, 0.15) is 77.4 Å². The van der Waals surface area contributed by atoms with Gasteiger partial charge in [-0.3, -0.25) is 24.3 Å². The largest absolute Gasteiger partial charge is 0.491 e. The van der Waals surface area contributed by atoms with Crippen LogP contribution in [0, 0.1) is 17.8 Å². The van der Waals surface area contributed by atoms with Gasteiger partial charge in [-0.25, -0.2) is 0 Å². The molecule has 0 saturated carbocycles. The fraction of sp³-hybridized carbons (Fsp3) is 0.280. The fourth-order valence-corrected chi connectivity index (χ4v) is 9.71. The molecule has 1 aliphatic carbocycles. The number of anilines is 1. The third-order valence-electron chi connectivity index (χ3n) is 12.2. The van der Waals surface area contributed by atoms with Crippen molar-refractivity contribution in [2.45, 2.75) is 61.7 Å². The minimum Gasteiger partial charge on any atom is -0.491 e. The normalized spacial score (nSPS) is 24.3. The maximum absolute atomic E-state index is 15.5. The van der Waals surface area contributed by atoms with E-state index in [1.165, 1.54) is 0 Å². The zero-order valence-corrected chi connectivity index (χ0v) is 33.1. The van der Waals surface area contributed by atoms with Crippen molar-refractivity contribution in [2.24, 2.45) is 5.92 Å². The summed E-state index contributed by atoms with van der Waals surface area (Å²) >= 11 is 0. The van der Waals surface area contributed by atoms with Crippen molar-refractivity contribution in [3.05, 3.63) is 173 Å². The second-order valence-electron chi connectivity index (χ2n) is 15.7. The number of cyclic esters (lactones) is 1. The van der Waals surface area contributed by atoms with Gasteiger partial charge in [0.25, 0.3) is 0 Å². The Hall–Kier alpha value is -6.54. The zero-order valence-electron chi connectivity index (χ0n) is 33.1. The first kappa shape index (κ1) is 38.9. The van der Waals surface area contributed by atoms with Crippen LogP contribution >= 0.6 is 0 Å². The van der Waals surface area contributed by atoms with E-state index in [2.05, 4.69) is 33.5 Å². The number of pyridine rings is 1. The summed E-state index contributed by atoms with van der Waals surface area (Å²) in [5.41, 5.74) is 4.16. The summed E-state index contributed by atoms with van der Waals surface area (Å²) < 4.78 is 12.8. The van der Waals surface area contributed by atoms with Crippen molar-refractivity contribution in [3.63, 3.8) is 0 Å². The van der Waals surface area contributed by atoms with E-state index in [1.54, 1.807) is 12.3 Å². The van der Waals surface area contributed by atoms with Crippen LogP contribution in [0.4, 0.5) is 5.69 Å².